The fourth-order valence-electron chi connectivity index (χ4n) is 5.45. The van der Waals surface area contributed by atoms with Gasteiger partial charge in [-0.05, 0) is 59.7 Å². The van der Waals surface area contributed by atoms with Gasteiger partial charge in [0, 0.05) is 47.2 Å². The minimum absolute atomic E-state index is 0.0419. The van der Waals surface area contributed by atoms with Crippen LogP contribution >= 0.6 is 23.2 Å². The number of rotatable bonds is 15. The fraction of sp³-hybridized carbons (Fsp3) is 0.278. The number of amides is 1. The van der Waals surface area contributed by atoms with Gasteiger partial charge in [0.1, 0.15) is 5.75 Å². The summed E-state index contributed by atoms with van der Waals surface area (Å²) in [6.45, 7) is 0.652. The SMILES string of the molecule is COc1cc(CNNC(=O)[C@@]2(Cc3ccccc3)N=C(c3ccc(OCCCO)cc3)O[C@H]2c2ccc(Cl)cc2Cl)cc(OC)c1OC. The summed E-state index contributed by atoms with van der Waals surface area (Å²) >= 11 is 13.0. The third-order valence-corrected chi connectivity index (χ3v) is 8.37. The van der Waals surface area contributed by atoms with Crippen molar-refractivity contribution in [3.05, 3.63) is 117 Å². The monoisotopic (exact) mass is 693 g/mol. The molecule has 0 aliphatic carbocycles. The molecule has 0 radical (unpaired) electrons. The van der Waals surface area contributed by atoms with Crippen LogP contribution in [0.15, 0.2) is 89.9 Å². The second kappa shape index (κ2) is 16.1. The van der Waals surface area contributed by atoms with Crippen molar-refractivity contribution < 1.29 is 33.6 Å². The highest BCUT2D eigenvalue weighted by Gasteiger charge is 2.54. The number of benzene rings is 4. The molecule has 0 unspecified atom stereocenters. The summed E-state index contributed by atoms with van der Waals surface area (Å²) in [5.41, 5.74) is 7.27. The Morgan fingerprint density at radius 2 is 1.62 bits per heavy atom. The second-order valence-electron chi connectivity index (χ2n) is 11.0. The zero-order valence-electron chi connectivity index (χ0n) is 26.8. The Kier molecular flexibility index (Phi) is 11.7. The molecule has 4 aromatic carbocycles. The molecule has 0 spiro atoms. The van der Waals surface area contributed by atoms with Gasteiger partial charge >= 0.3 is 0 Å². The van der Waals surface area contributed by atoms with Gasteiger partial charge in [-0.1, -0.05) is 59.6 Å². The standard InChI is InChI=1S/C36H37Cl2N3O7/c1-44-30-18-24(19-31(45-2)32(30)46-3)22-39-41-35(43)36(21-23-8-5-4-6-9-23)33(28-15-12-26(37)20-29(28)38)48-34(40-36)25-10-13-27(14-11-25)47-17-7-16-42/h4-6,8-15,18-20,33,39,42H,7,16-17,21-22H2,1-3H3,(H,41,43)/t33-,36-/m0/s1. The zero-order chi connectivity index (χ0) is 34.1. The number of hydrogen-bond acceptors (Lipinski definition) is 9. The molecule has 10 nitrogen and oxygen atoms in total. The summed E-state index contributed by atoms with van der Waals surface area (Å²) in [4.78, 5) is 19.5. The number of aliphatic hydroxyl groups excluding tert-OH is 1. The van der Waals surface area contributed by atoms with Crippen LogP contribution in [0.25, 0.3) is 0 Å². The van der Waals surface area contributed by atoms with Crippen molar-refractivity contribution in [2.24, 2.45) is 4.99 Å². The molecule has 1 aliphatic rings. The molecule has 5 rings (SSSR count). The van der Waals surface area contributed by atoms with Crippen LogP contribution < -0.4 is 29.8 Å². The van der Waals surface area contributed by atoms with Gasteiger partial charge in [-0.15, -0.1) is 0 Å². The van der Waals surface area contributed by atoms with Crippen molar-refractivity contribution >= 4 is 35.0 Å². The van der Waals surface area contributed by atoms with E-state index in [1.165, 1.54) is 7.11 Å². The van der Waals surface area contributed by atoms with Crippen LogP contribution in [0.1, 0.15) is 34.8 Å². The van der Waals surface area contributed by atoms with Gasteiger partial charge in [-0.3, -0.25) is 10.2 Å². The smallest absolute Gasteiger partial charge is 0.266 e. The number of carbonyl (C=O) groups excluding carboxylic acids is 1. The Labute approximate surface area is 289 Å². The van der Waals surface area contributed by atoms with Crippen LogP contribution in [0.5, 0.6) is 23.0 Å². The predicted octanol–water partition coefficient (Wildman–Crippen LogP) is 6.10. The van der Waals surface area contributed by atoms with Gasteiger partial charge in [0.2, 0.25) is 11.6 Å². The number of aliphatic hydroxyl groups is 1. The lowest BCUT2D eigenvalue weighted by molar-refractivity contribution is -0.130. The van der Waals surface area contributed by atoms with Crippen molar-refractivity contribution in [3.63, 3.8) is 0 Å². The summed E-state index contributed by atoms with van der Waals surface area (Å²) < 4.78 is 28.7. The normalized spacial score (nSPS) is 16.9. The molecule has 0 aromatic heterocycles. The van der Waals surface area contributed by atoms with Gasteiger partial charge in [0.25, 0.3) is 5.91 Å². The van der Waals surface area contributed by atoms with E-state index in [4.69, 9.17) is 57.0 Å². The first-order valence-corrected chi connectivity index (χ1v) is 16.0. The van der Waals surface area contributed by atoms with Gasteiger partial charge < -0.3 is 28.8 Å². The van der Waals surface area contributed by atoms with Gasteiger partial charge in [-0.25, -0.2) is 10.4 Å². The van der Waals surface area contributed by atoms with E-state index in [-0.39, 0.29) is 25.5 Å². The number of nitrogens with one attached hydrogen (secondary N) is 2. The number of aliphatic imine (C=N–C) groups is 1. The third kappa shape index (κ3) is 7.79. The van der Waals surface area contributed by atoms with E-state index in [1.807, 2.05) is 42.5 Å². The van der Waals surface area contributed by atoms with E-state index in [9.17, 15) is 4.79 Å². The Balaban J connectivity index is 1.51. The molecular weight excluding hydrogens is 657 g/mol. The number of hydrogen-bond donors (Lipinski definition) is 3. The summed E-state index contributed by atoms with van der Waals surface area (Å²) in [6, 6.07) is 25.5. The van der Waals surface area contributed by atoms with Crippen LogP contribution in [0.3, 0.4) is 0 Å². The van der Waals surface area contributed by atoms with Crippen LogP contribution in [0.2, 0.25) is 10.0 Å². The van der Waals surface area contributed by atoms with Gasteiger partial charge in [0.05, 0.1) is 27.9 Å². The molecule has 0 saturated carbocycles. The molecule has 2 atom stereocenters. The zero-order valence-corrected chi connectivity index (χ0v) is 28.3. The average molecular weight is 695 g/mol. The Bertz CT molecular complexity index is 1710. The number of nitrogens with zero attached hydrogens (tertiary/aromatic N) is 1. The first-order valence-electron chi connectivity index (χ1n) is 15.2. The lowest BCUT2D eigenvalue weighted by Gasteiger charge is -2.31. The molecular formula is C36H37Cl2N3O7. The molecule has 1 heterocycles. The molecule has 3 N–H and O–H groups in total. The Morgan fingerprint density at radius 3 is 2.25 bits per heavy atom. The summed E-state index contributed by atoms with van der Waals surface area (Å²) in [7, 11) is 4.62. The van der Waals surface area contributed by atoms with E-state index >= 15 is 0 Å². The molecule has 4 aromatic rings. The van der Waals surface area contributed by atoms with Crippen molar-refractivity contribution in [1.82, 2.24) is 10.9 Å². The largest absolute Gasteiger partial charge is 0.494 e. The average Bonchev–Trinajstić information content (AvgIpc) is 3.48. The fourth-order valence-corrected chi connectivity index (χ4v) is 5.96. The second-order valence-corrected chi connectivity index (χ2v) is 11.8. The maximum Gasteiger partial charge on any atom is 0.266 e. The van der Waals surface area contributed by atoms with Crippen molar-refractivity contribution in [2.75, 3.05) is 34.5 Å². The molecule has 0 saturated heterocycles. The first-order chi connectivity index (χ1) is 23.3. The lowest BCUT2D eigenvalue weighted by atomic mass is 9.82. The van der Waals surface area contributed by atoms with Crippen molar-refractivity contribution in [1.29, 1.82) is 0 Å². The van der Waals surface area contributed by atoms with E-state index < -0.39 is 17.6 Å². The van der Waals surface area contributed by atoms with Crippen LogP contribution in [-0.2, 0) is 22.5 Å². The maximum absolute atomic E-state index is 14.5. The Hall–Kier alpha value is -4.48. The summed E-state index contributed by atoms with van der Waals surface area (Å²) in [5.74, 6) is 1.90. The highest BCUT2D eigenvalue weighted by atomic mass is 35.5. The molecule has 1 aliphatic heterocycles. The summed E-state index contributed by atoms with van der Waals surface area (Å²) in [5, 5.41) is 9.87. The van der Waals surface area contributed by atoms with Crippen molar-refractivity contribution in [2.45, 2.75) is 31.0 Å². The van der Waals surface area contributed by atoms with Gasteiger partial charge in [-0.2, -0.15) is 0 Å². The summed E-state index contributed by atoms with van der Waals surface area (Å²) in [6.07, 6.45) is -0.201. The van der Waals surface area contributed by atoms with Crippen molar-refractivity contribution in [3.8, 4) is 23.0 Å². The topological polar surface area (TPSA) is 120 Å². The highest BCUT2D eigenvalue weighted by molar-refractivity contribution is 6.35. The highest BCUT2D eigenvalue weighted by Crippen LogP contribution is 2.45. The molecule has 252 valence electrons. The Morgan fingerprint density at radius 1 is 0.917 bits per heavy atom. The quantitative estimate of drug-likeness (QED) is 0.101. The maximum atomic E-state index is 14.5. The number of halogens is 2. The molecule has 12 heteroatoms. The number of carbonyl (C=O) groups is 1. The molecule has 1 amide bonds. The van der Waals surface area contributed by atoms with E-state index in [0.717, 1.165) is 11.1 Å². The molecule has 0 fully saturated rings. The number of methoxy groups -OCH3 is 3. The first kappa shape index (κ1) is 34.8. The van der Waals surface area contributed by atoms with E-state index in [1.54, 1.807) is 56.7 Å². The minimum Gasteiger partial charge on any atom is -0.494 e. The van der Waals surface area contributed by atoms with E-state index in [2.05, 4.69) is 10.9 Å². The number of hydrazine groups is 1. The minimum atomic E-state index is -1.49. The van der Waals surface area contributed by atoms with E-state index in [0.29, 0.717) is 57.2 Å². The van der Waals surface area contributed by atoms with Gasteiger partial charge in [0.15, 0.2) is 23.1 Å². The third-order valence-electron chi connectivity index (χ3n) is 7.81. The van der Waals surface area contributed by atoms with Crippen LogP contribution in [0.4, 0.5) is 0 Å². The van der Waals surface area contributed by atoms with Crippen LogP contribution in [-0.4, -0.2) is 57.0 Å². The molecule has 48 heavy (non-hydrogen) atoms. The number of ether oxygens (including phenoxy) is 5. The predicted molar refractivity (Wildman–Crippen MR) is 184 cm³/mol. The lowest BCUT2D eigenvalue weighted by Crippen LogP contribution is -2.53. The molecule has 0 bridgehead atoms. The van der Waals surface area contributed by atoms with Crippen LogP contribution in [0, 0.1) is 0 Å².